The molecule has 16 rings (SSSR count). The second-order valence-corrected chi connectivity index (χ2v) is 25.8. The first-order valence-electron chi connectivity index (χ1n) is 25.9. The van der Waals surface area contributed by atoms with E-state index in [0.717, 1.165) is 44.7 Å². The van der Waals surface area contributed by atoms with Crippen molar-refractivity contribution >= 4 is 159 Å². The lowest BCUT2D eigenvalue weighted by Crippen LogP contribution is -2.77. The standard InChI is InChI=1S/C70H44N2OS2Si/c1-2-17-47(18-3-1)72-61-24-9-13-28-69(61)76(51-35-38-59-57-21-7-11-26-65(57)74-67(59)43-51,52-36-39-60-58-22-8-12-27-66(58)75-68(60)44-52)70-40-34-49(41-62(70)72)71(50-33-37-56-55-20-6-10-25-63(55)73-64(56)42-50)48-31-29-46(30-32-48)54-23-14-16-45-15-4-5-19-53(45)54/h1-44H. The molecular weight excluding hydrogens is 977 g/mol. The van der Waals surface area contributed by atoms with Crippen molar-refractivity contribution in [2.75, 3.05) is 9.80 Å². The molecule has 1 aliphatic heterocycles. The molecule has 0 saturated heterocycles. The molecule has 0 radical (unpaired) electrons. The molecule has 0 aliphatic carbocycles. The fourth-order valence-electron chi connectivity index (χ4n) is 12.6. The van der Waals surface area contributed by atoms with Crippen LogP contribution in [0.1, 0.15) is 0 Å². The molecule has 15 aromatic rings. The van der Waals surface area contributed by atoms with Crippen LogP contribution in [0.15, 0.2) is 271 Å². The van der Waals surface area contributed by atoms with Gasteiger partial charge in [0.05, 0.1) is 0 Å². The minimum Gasteiger partial charge on any atom is -0.456 e. The zero-order valence-corrected chi connectivity index (χ0v) is 43.7. The Morgan fingerprint density at radius 2 is 0.882 bits per heavy atom. The van der Waals surface area contributed by atoms with Crippen LogP contribution in [0.2, 0.25) is 0 Å². The smallest absolute Gasteiger partial charge is 0.184 e. The van der Waals surface area contributed by atoms with E-state index in [9.17, 15) is 0 Å². The molecule has 76 heavy (non-hydrogen) atoms. The molecule has 0 saturated carbocycles. The van der Waals surface area contributed by atoms with Gasteiger partial charge in [0.25, 0.3) is 0 Å². The third-order valence-corrected chi connectivity index (χ3v) is 23.0. The molecule has 0 atom stereocenters. The van der Waals surface area contributed by atoms with Gasteiger partial charge in [-0.05, 0) is 128 Å². The highest BCUT2D eigenvalue weighted by Crippen LogP contribution is 2.45. The van der Waals surface area contributed by atoms with Gasteiger partial charge in [0, 0.05) is 91.3 Å². The molecule has 4 heterocycles. The number of nitrogens with zero attached hydrogens (tertiary/aromatic N) is 2. The fourth-order valence-corrected chi connectivity index (χ4v) is 20.1. The molecule has 6 heteroatoms. The summed E-state index contributed by atoms with van der Waals surface area (Å²) in [4.78, 5) is 4.94. The molecule has 3 aromatic heterocycles. The van der Waals surface area contributed by atoms with E-state index in [1.807, 2.05) is 28.7 Å². The highest BCUT2D eigenvalue weighted by Gasteiger charge is 2.49. The van der Waals surface area contributed by atoms with Gasteiger partial charge >= 0.3 is 0 Å². The third-order valence-electron chi connectivity index (χ3n) is 15.9. The summed E-state index contributed by atoms with van der Waals surface area (Å²) in [5.41, 5.74) is 10.7. The number of rotatable bonds is 7. The molecule has 0 bridgehead atoms. The zero-order chi connectivity index (χ0) is 49.9. The molecule has 1 aliphatic rings. The van der Waals surface area contributed by atoms with E-state index in [0.29, 0.717) is 0 Å². The fraction of sp³-hybridized carbons (Fsp3) is 0. The Morgan fingerprint density at radius 3 is 1.63 bits per heavy atom. The van der Waals surface area contributed by atoms with Crippen LogP contribution in [0.5, 0.6) is 0 Å². The van der Waals surface area contributed by atoms with Crippen molar-refractivity contribution in [1.82, 2.24) is 0 Å². The largest absolute Gasteiger partial charge is 0.456 e. The predicted molar refractivity (Wildman–Crippen MR) is 329 cm³/mol. The van der Waals surface area contributed by atoms with Crippen molar-refractivity contribution in [2.45, 2.75) is 0 Å². The first-order chi connectivity index (χ1) is 37.7. The average Bonchev–Trinajstić information content (AvgIpc) is 4.29. The summed E-state index contributed by atoms with van der Waals surface area (Å²) in [5.74, 6) is 0. The Bertz CT molecular complexity index is 4680. The highest BCUT2D eigenvalue weighted by atomic mass is 32.1. The molecule has 0 spiro atoms. The van der Waals surface area contributed by atoms with Gasteiger partial charge in [0.1, 0.15) is 11.2 Å². The average molecular weight is 1020 g/mol. The van der Waals surface area contributed by atoms with Gasteiger partial charge in [0.15, 0.2) is 8.07 Å². The SMILES string of the molecule is c1ccc(N2c3ccccc3[Si](c3ccc4c(c3)sc3ccccc34)(c3ccc4c(c3)sc3ccccc34)c3ccc(N(c4ccc(-c5cccc6ccccc56)cc4)c4ccc5c(c4)oc4ccccc45)cc32)cc1. The Morgan fingerprint density at radius 1 is 0.342 bits per heavy atom. The Labute approximate surface area is 448 Å². The summed E-state index contributed by atoms with van der Waals surface area (Å²) in [5, 5.41) is 15.4. The molecule has 0 unspecified atom stereocenters. The summed E-state index contributed by atoms with van der Waals surface area (Å²) in [6.07, 6.45) is 0. The highest BCUT2D eigenvalue weighted by molar-refractivity contribution is 7.27. The number of anilines is 6. The van der Waals surface area contributed by atoms with Crippen LogP contribution in [0.25, 0.3) is 84.2 Å². The van der Waals surface area contributed by atoms with E-state index in [-0.39, 0.29) is 0 Å². The van der Waals surface area contributed by atoms with Crippen LogP contribution in [-0.4, -0.2) is 8.07 Å². The Kier molecular flexibility index (Phi) is 9.70. The maximum absolute atomic E-state index is 6.63. The number of furan rings is 1. The number of benzene rings is 12. The minimum absolute atomic E-state index is 0.855. The van der Waals surface area contributed by atoms with Crippen LogP contribution in [-0.2, 0) is 0 Å². The monoisotopic (exact) mass is 1020 g/mol. The third kappa shape index (κ3) is 6.51. The van der Waals surface area contributed by atoms with E-state index >= 15 is 0 Å². The lowest BCUT2D eigenvalue weighted by atomic mass is 9.98. The summed E-state index contributed by atoms with van der Waals surface area (Å²) in [6.45, 7) is 0. The van der Waals surface area contributed by atoms with E-state index in [1.54, 1.807) is 0 Å². The van der Waals surface area contributed by atoms with E-state index in [2.05, 4.69) is 271 Å². The van der Waals surface area contributed by atoms with E-state index < -0.39 is 8.07 Å². The number of fused-ring (bicyclic) bond motifs is 12. The molecule has 12 aromatic carbocycles. The van der Waals surface area contributed by atoms with Crippen LogP contribution < -0.4 is 30.5 Å². The number of para-hydroxylation sites is 3. The van der Waals surface area contributed by atoms with Crippen molar-refractivity contribution in [3.05, 3.63) is 267 Å². The van der Waals surface area contributed by atoms with Gasteiger partial charge in [-0.3, -0.25) is 0 Å². The lowest BCUT2D eigenvalue weighted by Gasteiger charge is -2.45. The number of hydrogen-bond donors (Lipinski definition) is 0. The number of hydrogen-bond acceptors (Lipinski definition) is 5. The number of thiophene rings is 2. The van der Waals surface area contributed by atoms with Gasteiger partial charge in [-0.15, -0.1) is 22.7 Å². The maximum atomic E-state index is 6.63. The van der Waals surface area contributed by atoms with Crippen molar-refractivity contribution < 1.29 is 4.42 Å². The topological polar surface area (TPSA) is 19.6 Å². The molecular formula is C70H44N2OS2Si. The summed E-state index contributed by atoms with van der Waals surface area (Å²) >= 11 is 3.80. The van der Waals surface area contributed by atoms with Crippen molar-refractivity contribution in [3.8, 4) is 11.1 Å². The van der Waals surface area contributed by atoms with Crippen LogP contribution in [0.3, 0.4) is 0 Å². The van der Waals surface area contributed by atoms with Crippen molar-refractivity contribution in [3.63, 3.8) is 0 Å². The van der Waals surface area contributed by atoms with Gasteiger partial charge in [0.2, 0.25) is 0 Å². The quantitative estimate of drug-likeness (QED) is 0.148. The summed E-state index contributed by atoms with van der Waals surface area (Å²) < 4.78 is 11.9. The van der Waals surface area contributed by atoms with Gasteiger partial charge in [-0.2, -0.15) is 0 Å². The molecule has 3 nitrogen and oxygen atoms in total. The Balaban J connectivity index is 0.975. The van der Waals surface area contributed by atoms with Crippen molar-refractivity contribution in [1.29, 1.82) is 0 Å². The lowest BCUT2D eigenvalue weighted by molar-refractivity contribution is 0.669. The van der Waals surface area contributed by atoms with Crippen LogP contribution >= 0.6 is 22.7 Å². The molecule has 0 N–H and O–H groups in total. The second kappa shape index (κ2) is 17.0. The second-order valence-electron chi connectivity index (χ2n) is 19.9. The van der Waals surface area contributed by atoms with Crippen LogP contribution in [0, 0.1) is 0 Å². The molecule has 356 valence electrons. The minimum atomic E-state index is -3.18. The van der Waals surface area contributed by atoms with Gasteiger partial charge in [-0.1, -0.05) is 176 Å². The van der Waals surface area contributed by atoms with Crippen molar-refractivity contribution in [2.24, 2.45) is 0 Å². The normalized spacial score (nSPS) is 13.1. The predicted octanol–water partition coefficient (Wildman–Crippen LogP) is 17.8. The van der Waals surface area contributed by atoms with Crippen LogP contribution in [0.4, 0.5) is 34.1 Å². The van der Waals surface area contributed by atoms with E-state index in [4.69, 9.17) is 4.42 Å². The molecule has 0 fully saturated rings. The zero-order valence-electron chi connectivity index (χ0n) is 41.0. The van der Waals surface area contributed by atoms with E-state index in [1.165, 1.54) is 94.4 Å². The Hall–Kier alpha value is -9.04. The molecule has 0 amide bonds. The first kappa shape index (κ1) is 43.4. The first-order valence-corrected chi connectivity index (χ1v) is 29.5. The maximum Gasteiger partial charge on any atom is 0.184 e. The summed E-state index contributed by atoms with van der Waals surface area (Å²) in [6, 6.07) is 99.6. The summed E-state index contributed by atoms with van der Waals surface area (Å²) in [7, 11) is -3.18. The van der Waals surface area contributed by atoms with Gasteiger partial charge < -0.3 is 14.2 Å². The van der Waals surface area contributed by atoms with Gasteiger partial charge in [-0.25, -0.2) is 0 Å².